The first-order valence-electron chi connectivity index (χ1n) is 12.3. The normalized spacial score (nSPS) is 33.2. The van der Waals surface area contributed by atoms with E-state index in [4.69, 9.17) is 4.74 Å². The number of benzene rings is 1. The predicted molar refractivity (Wildman–Crippen MR) is 123 cm³/mol. The van der Waals surface area contributed by atoms with Crippen molar-refractivity contribution in [3.63, 3.8) is 0 Å². The van der Waals surface area contributed by atoms with Gasteiger partial charge >= 0.3 is 0 Å². The van der Waals surface area contributed by atoms with Gasteiger partial charge in [-0.25, -0.2) is 8.42 Å². The van der Waals surface area contributed by atoms with Crippen LogP contribution in [0.25, 0.3) is 0 Å². The first kappa shape index (κ1) is 22.4. The summed E-state index contributed by atoms with van der Waals surface area (Å²) < 4.78 is 33.5. The summed E-state index contributed by atoms with van der Waals surface area (Å²) in [5.74, 6) is 2.33. The molecule has 5 aliphatic rings. The Morgan fingerprint density at radius 3 is 2.28 bits per heavy atom. The second-order valence-corrected chi connectivity index (χ2v) is 12.6. The van der Waals surface area contributed by atoms with Gasteiger partial charge in [0.25, 0.3) is 5.91 Å². The lowest BCUT2D eigenvalue weighted by Gasteiger charge is -2.59. The van der Waals surface area contributed by atoms with E-state index < -0.39 is 10.0 Å². The molecule has 5 fully saturated rings. The van der Waals surface area contributed by atoms with E-state index in [1.807, 2.05) is 6.92 Å². The van der Waals surface area contributed by atoms with Crippen LogP contribution in [0.1, 0.15) is 68.3 Å². The van der Waals surface area contributed by atoms with Gasteiger partial charge in [0.2, 0.25) is 10.0 Å². The summed E-state index contributed by atoms with van der Waals surface area (Å²) in [6.45, 7) is 5.63. The van der Waals surface area contributed by atoms with Crippen molar-refractivity contribution >= 4 is 15.9 Å². The van der Waals surface area contributed by atoms with E-state index in [-0.39, 0.29) is 22.3 Å². The average Bonchev–Trinajstić information content (AvgIpc) is 2.78. The van der Waals surface area contributed by atoms with E-state index >= 15 is 0 Å². The number of carbonyl (C=O) groups is 1. The van der Waals surface area contributed by atoms with Crippen LogP contribution in [0.4, 0.5) is 0 Å². The number of hydrogen-bond donors (Lipinski definition) is 1. The highest BCUT2D eigenvalue weighted by Gasteiger charge is 2.53. The van der Waals surface area contributed by atoms with E-state index in [1.54, 1.807) is 18.2 Å². The topological polar surface area (TPSA) is 75.7 Å². The molecule has 6 rings (SSSR count). The number of rotatable bonds is 6. The molecule has 32 heavy (non-hydrogen) atoms. The van der Waals surface area contributed by atoms with Crippen molar-refractivity contribution in [2.45, 2.75) is 69.7 Å². The van der Waals surface area contributed by atoms with Crippen LogP contribution in [0.3, 0.4) is 0 Å². The molecule has 1 atom stereocenters. The molecule has 0 spiro atoms. The zero-order valence-corrected chi connectivity index (χ0v) is 20.1. The highest BCUT2D eigenvalue weighted by molar-refractivity contribution is 7.89. The van der Waals surface area contributed by atoms with Crippen LogP contribution < -0.4 is 5.32 Å². The maximum Gasteiger partial charge on any atom is 0.251 e. The zero-order chi connectivity index (χ0) is 22.5. The molecule has 1 heterocycles. The Labute approximate surface area is 192 Å². The van der Waals surface area contributed by atoms with Gasteiger partial charge in [0.05, 0.1) is 18.1 Å². The molecular weight excluding hydrogens is 424 g/mol. The van der Waals surface area contributed by atoms with Crippen LogP contribution in [0.2, 0.25) is 0 Å². The largest absolute Gasteiger partial charge is 0.379 e. The van der Waals surface area contributed by atoms with Crippen molar-refractivity contribution in [1.29, 1.82) is 0 Å². The lowest BCUT2D eigenvalue weighted by molar-refractivity contribution is -0.0688. The fourth-order valence-corrected chi connectivity index (χ4v) is 9.02. The molecule has 7 heteroatoms. The third kappa shape index (κ3) is 3.90. The van der Waals surface area contributed by atoms with Crippen molar-refractivity contribution in [3.05, 3.63) is 29.3 Å². The molecular formula is C25H36N2O4S. The van der Waals surface area contributed by atoms with Gasteiger partial charge in [0.1, 0.15) is 0 Å². The third-order valence-corrected chi connectivity index (χ3v) is 10.6. The number of nitrogens with one attached hydrogen (secondary N) is 1. The molecule has 4 aliphatic carbocycles. The second-order valence-electron chi connectivity index (χ2n) is 10.7. The Morgan fingerprint density at radius 2 is 1.72 bits per heavy atom. The maximum atomic E-state index is 13.3. The Morgan fingerprint density at radius 1 is 1.12 bits per heavy atom. The van der Waals surface area contributed by atoms with Crippen LogP contribution in [0.15, 0.2) is 23.1 Å². The van der Waals surface area contributed by atoms with E-state index in [2.05, 4.69) is 12.2 Å². The minimum atomic E-state index is -3.65. The quantitative estimate of drug-likeness (QED) is 0.704. The molecule has 1 saturated heterocycles. The van der Waals surface area contributed by atoms with Crippen molar-refractivity contribution in [3.8, 4) is 0 Å². The van der Waals surface area contributed by atoms with Gasteiger partial charge in [-0.1, -0.05) is 13.0 Å². The summed E-state index contributed by atoms with van der Waals surface area (Å²) in [6, 6.07) is 5.27. The molecule has 1 aliphatic heterocycles. The number of hydrogen-bond acceptors (Lipinski definition) is 4. The standard InChI is InChI=1S/C25H36N2O4S/c1-3-21-4-5-22(13-23(21)32(29,30)27-6-8-31-9-7-27)24(28)26-17(2)25-14-18-10-19(15-25)12-20(11-18)16-25/h4-5,13,17-20H,3,6-12,14-16H2,1-2H3,(H,26,28)/t17-,18?,19?,20?,25?/m1/s1. The van der Waals surface area contributed by atoms with Crippen molar-refractivity contribution < 1.29 is 17.9 Å². The zero-order valence-electron chi connectivity index (χ0n) is 19.3. The molecule has 1 aromatic carbocycles. The lowest BCUT2D eigenvalue weighted by atomic mass is 9.48. The van der Waals surface area contributed by atoms with Gasteiger partial charge in [-0.05, 0) is 92.7 Å². The summed E-state index contributed by atoms with van der Waals surface area (Å²) in [4.78, 5) is 13.5. The van der Waals surface area contributed by atoms with Crippen molar-refractivity contribution in [1.82, 2.24) is 9.62 Å². The number of sulfonamides is 1. The van der Waals surface area contributed by atoms with Gasteiger partial charge < -0.3 is 10.1 Å². The van der Waals surface area contributed by atoms with Crippen LogP contribution >= 0.6 is 0 Å². The SMILES string of the molecule is CCc1ccc(C(=O)N[C@H](C)C23CC4CC(CC(C4)C2)C3)cc1S(=O)(=O)N1CCOCC1. The highest BCUT2D eigenvalue weighted by atomic mass is 32.2. The Hall–Kier alpha value is -1.44. The fourth-order valence-electron chi connectivity index (χ4n) is 7.30. The molecule has 4 saturated carbocycles. The molecule has 0 aromatic heterocycles. The van der Waals surface area contributed by atoms with Gasteiger partial charge in [0.15, 0.2) is 0 Å². The number of aryl methyl sites for hydroxylation is 1. The van der Waals surface area contributed by atoms with E-state index in [9.17, 15) is 13.2 Å². The minimum absolute atomic E-state index is 0.105. The summed E-state index contributed by atoms with van der Waals surface area (Å²) in [6.07, 6.45) is 8.41. The number of carbonyl (C=O) groups excluding carboxylic acids is 1. The summed E-state index contributed by atoms with van der Waals surface area (Å²) in [5.41, 5.74) is 1.41. The lowest BCUT2D eigenvalue weighted by Crippen LogP contribution is -2.55. The molecule has 1 N–H and O–H groups in total. The van der Waals surface area contributed by atoms with E-state index in [1.165, 1.54) is 42.8 Å². The van der Waals surface area contributed by atoms with Gasteiger partial charge in [-0.15, -0.1) is 0 Å². The van der Waals surface area contributed by atoms with Crippen LogP contribution in [-0.2, 0) is 21.2 Å². The summed E-state index contributed by atoms with van der Waals surface area (Å²) in [5, 5.41) is 3.28. The average molecular weight is 461 g/mol. The minimum Gasteiger partial charge on any atom is -0.379 e. The van der Waals surface area contributed by atoms with Crippen LogP contribution in [0, 0.1) is 23.2 Å². The van der Waals surface area contributed by atoms with Gasteiger partial charge in [0, 0.05) is 24.7 Å². The molecule has 176 valence electrons. The number of ether oxygens (including phenoxy) is 1. The van der Waals surface area contributed by atoms with Crippen molar-refractivity contribution in [2.24, 2.45) is 23.2 Å². The fraction of sp³-hybridized carbons (Fsp3) is 0.720. The monoisotopic (exact) mass is 460 g/mol. The highest BCUT2D eigenvalue weighted by Crippen LogP contribution is 2.61. The summed E-state index contributed by atoms with van der Waals surface area (Å²) in [7, 11) is -3.65. The Bertz CT molecular complexity index is 948. The van der Waals surface area contributed by atoms with Crippen molar-refractivity contribution in [2.75, 3.05) is 26.3 Å². The first-order chi connectivity index (χ1) is 15.3. The molecule has 1 aromatic rings. The third-order valence-electron chi connectivity index (χ3n) is 8.65. The smallest absolute Gasteiger partial charge is 0.251 e. The number of nitrogens with zero attached hydrogens (tertiary/aromatic N) is 1. The summed E-state index contributed by atoms with van der Waals surface area (Å²) >= 11 is 0. The maximum absolute atomic E-state index is 13.3. The molecule has 0 unspecified atom stereocenters. The molecule has 6 nitrogen and oxygen atoms in total. The predicted octanol–water partition coefficient (Wildman–Crippen LogP) is 3.60. The van der Waals surface area contributed by atoms with Gasteiger partial charge in [-0.2, -0.15) is 4.31 Å². The second kappa shape index (κ2) is 8.41. The molecule has 4 bridgehead atoms. The van der Waals surface area contributed by atoms with Crippen LogP contribution in [0.5, 0.6) is 0 Å². The number of morpholine rings is 1. The first-order valence-corrected chi connectivity index (χ1v) is 13.8. The molecule has 0 radical (unpaired) electrons. The van der Waals surface area contributed by atoms with Gasteiger partial charge in [-0.3, -0.25) is 4.79 Å². The molecule has 1 amide bonds. The number of amides is 1. The Kier molecular flexibility index (Phi) is 5.87. The Balaban J connectivity index is 1.37. The van der Waals surface area contributed by atoms with Crippen LogP contribution in [-0.4, -0.2) is 51.0 Å². The van der Waals surface area contributed by atoms with E-state index in [0.29, 0.717) is 38.3 Å². The van der Waals surface area contributed by atoms with E-state index in [0.717, 1.165) is 23.3 Å².